The van der Waals surface area contributed by atoms with Gasteiger partial charge < -0.3 is 29.5 Å². The van der Waals surface area contributed by atoms with Gasteiger partial charge in [-0.15, -0.1) is 0 Å². The molecule has 25 heavy (non-hydrogen) atoms. The number of carbonyl (C=O) groups is 1. The maximum atomic E-state index is 11.4. The second-order valence-corrected chi connectivity index (χ2v) is 5.38. The van der Waals surface area contributed by atoms with E-state index in [1.165, 1.54) is 18.2 Å². The maximum Gasteiger partial charge on any atom is 0.330 e. The third-order valence-corrected chi connectivity index (χ3v) is 3.52. The number of ether oxygens (including phenoxy) is 3. The van der Waals surface area contributed by atoms with Gasteiger partial charge in [0.1, 0.15) is 24.1 Å². The molecule has 0 radical (unpaired) electrons. The second kappa shape index (κ2) is 9.33. The molecule has 0 unspecified atom stereocenters. The van der Waals surface area contributed by atoms with Crippen molar-refractivity contribution in [2.24, 2.45) is 0 Å². The average molecular weight is 350 g/mol. The molecule has 4 atom stereocenters. The van der Waals surface area contributed by atoms with Crippen molar-refractivity contribution in [2.45, 2.75) is 31.5 Å². The lowest BCUT2D eigenvalue weighted by Crippen LogP contribution is -2.53. The summed E-state index contributed by atoms with van der Waals surface area (Å²) in [5, 5.41) is 29.3. The first-order valence-corrected chi connectivity index (χ1v) is 7.96. The zero-order chi connectivity index (χ0) is 18.2. The van der Waals surface area contributed by atoms with E-state index in [1.54, 1.807) is 31.2 Å². The van der Waals surface area contributed by atoms with Crippen LogP contribution >= 0.6 is 0 Å². The molecule has 1 aliphatic rings. The van der Waals surface area contributed by atoms with E-state index in [0.29, 0.717) is 11.3 Å². The molecule has 1 fully saturated rings. The molecule has 2 rings (SSSR count). The van der Waals surface area contributed by atoms with E-state index in [4.69, 9.17) is 14.2 Å². The number of aliphatic hydroxyl groups excluding tert-OH is 3. The Bertz CT molecular complexity index is 611. The first kappa shape index (κ1) is 19.1. The standard InChI is InChI=1S/C18H22O7/c1-2-23-15(20)10-6-9-14(12-7-4-3-5-8-12)25-18-17(22)16(21)13(19)11-24-18/h3-10,13,16-19,21-22H,2,11H2,1H3/b10-6+,14-9+/t13-,16+,17-,18-/m1/s1. The summed E-state index contributed by atoms with van der Waals surface area (Å²) in [4.78, 5) is 11.4. The summed E-state index contributed by atoms with van der Waals surface area (Å²) < 4.78 is 15.7. The van der Waals surface area contributed by atoms with Gasteiger partial charge >= 0.3 is 5.97 Å². The van der Waals surface area contributed by atoms with Gasteiger partial charge in [-0.05, 0) is 13.0 Å². The third kappa shape index (κ3) is 5.40. The van der Waals surface area contributed by atoms with Gasteiger partial charge in [-0.25, -0.2) is 4.79 Å². The molecule has 0 spiro atoms. The Morgan fingerprint density at radius 2 is 1.96 bits per heavy atom. The molecule has 136 valence electrons. The number of hydrogen-bond donors (Lipinski definition) is 3. The van der Waals surface area contributed by atoms with Crippen LogP contribution in [0.3, 0.4) is 0 Å². The van der Waals surface area contributed by atoms with Crippen molar-refractivity contribution in [3.63, 3.8) is 0 Å². The highest BCUT2D eigenvalue weighted by atomic mass is 16.7. The lowest BCUT2D eigenvalue weighted by molar-refractivity contribution is -0.249. The number of esters is 1. The monoisotopic (exact) mass is 350 g/mol. The summed E-state index contributed by atoms with van der Waals surface area (Å²) in [6.07, 6.45) is -0.882. The van der Waals surface area contributed by atoms with Crippen LogP contribution < -0.4 is 0 Å². The van der Waals surface area contributed by atoms with Crippen LogP contribution in [0.25, 0.3) is 5.76 Å². The molecule has 0 aliphatic carbocycles. The molecule has 1 aromatic carbocycles. The fraction of sp³-hybridized carbons (Fsp3) is 0.389. The van der Waals surface area contributed by atoms with Gasteiger partial charge in [0.05, 0.1) is 13.2 Å². The highest BCUT2D eigenvalue weighted by Crippen LogP contribution is 2.24. The Morgan fingerprint density at radius 1 is 1.24 bits per heavy atom. The SMILES string of the molecule is CCOC(=O)/C=C/C=C(/O[C@H]1OC[C@@H](O)[C@H](O)[C@H]1O)c1ccccc1. The zero-order valence-electron chi connectivity index (χ0n) is 13.8. The number of benzene rings is 1. The summed E-state index contributed by atoms with van der Waals surface area (Å²) >= 11 is 0. The van der Waals surface area contributed by atoms with Gasteiger partial charge in [0.25, 0.3) is 0 Å². The average Bonchev–Trinajstić information content (AvgIpc) is 2.62. The minimum atomic E-state index is -1.41. The van der Waals surface area contributed by atoms with Gasteiger partial charge in [-0.3, -0.25) is 0 Å². The first-order valence-electron chi connectivity index (χ1n) is 7.96. The number of rotatable bonds is 6. The topological polar surface area (TPSA) is 105 Å². The predicted molar refractivity (Wildman–Crippen MR) is 89.0 cm³/mol. The second-order valence-electron chi connectivity index (χ2n) is 5.38. The quantitative estimate of drug-likeness (QED) is 0.299. The van der Waals surface area contributed by atoms with Gasteiger partial charge in [0.15, 0.2) is 0 Å². The van der Waals surface area contributed by atoms with Crippen molar-refractivity contribution in [3.8, 4) is 0 Å². The van der Waals surface area contributed by atoms with Crippen LogP contribution in [0.4, 0.5) is 0 Å². The van der Waals surface area contributed by atoms with Crippen molar-refractivity contribution in [1.82, 2.24) is 0 Å². The molecule has 3 N–H and O–H groups in total. The van der Waals surface area contributed by atoms with Crippen LogP contribution in [-0.2, 0) is 19.0 Å². The molecule has 1 aromatic rings. The summed E-state index contributed by atoms with van der Waals surface area (Å²) in [5.74, 6) is -0.160. The Hall–Kier alpha value is -2.19. The van der Waals surface area contributed by atoms with E-state index in [0.717, 1.165) is 0 Å². The lowest BCUT2D eigenvalue weighted by atomic mass is 10.1. The summed E-state index contributed by atoms with van der Waals surface area (Å²) in [6.45, 7) is 1.82. The van der Waals surface area contributed by atoms with Gasteiger partial charge in [-0.1, -0.05) is 36.4 Å². The predicted octanol–water partition coefficient (Wildman–Crippen LogP) is 0.602. The highest BCUT2D eigenvalue weighted by molar-refractivity contribution is 5.82. The lowest BCUT2D eigenvalue weighted by Gasteiger charge is -2.35. The van der Waals surface area contributed by atoms with Crippen molar-refractivity contribution in [2.75, 3.05) is 13.2 Å². The minimum Gasteiger partial charge on any atom is -0.463 e. The van der Waals surface area contributed by atoms with Crippen LogP contribution in [-0.4, -0.2) is 59.1 Å². The van der Waals surface area contributed by atoms with E-state index in [9.17, 15) is 20.1 Å². The molecule has 0 bridgehead atoms. The molecular formula is C18H22O7. The molecule has 1 aliphatic heterocycles. The maximum absolute atomic E-state index is 11.4. The van der Waals surface area contributed by atoms with Gasteiger partial charge in [0.2, 0.25) is 6.29 Å². The molecular weight excluding hydrogens is 328 g/mol. The first-order chi connectivity index (χ1) is 12.0. The smallest absolute Gasteiger partial charge is 0.330 e. The molecule has 7 nitrogen and oxygen atoms in total. The van der Waals surface area contributed by atoms with Crippen molar-refractivity contribution in [1.29, 1.82) is 0 Å². The van der Waals surface area contributed by atoms with Crippen molar-refractivity contribution in [3.05, 3.63) is 54.1 Å². The normalized spacial score (nSPS) is 27.3. The van der Waals surface area contributed by atoms with E-state index in [2.05, 4.69) is 0 Å². The van der Waals surface area contributed by atoms with Gasteiger partial charge in [0, 0.05) is 11.6 Å². The highest BCUT2D eigenvalue weighted by Gasteiger charge is 2.39. The van der Waals surface area contributed by atoms with Crippen LogP contribution in [0.2, 0.25) is 0 Å². The molecule has 0 aromatic heterocycles. The van der Waals surface area contributed by atoms with Crippen molar-refractivity contribution >= 4 is 11.7 Å². The van der Waals surface area contributed by atoms with E-state index in [1.807, 2.05) is 6.07 Å². The van der Waals surface area contributed by atoms with Crippen LogP contribution in [0.15, 0.2) is 48.6 Å². The molecule has 0 amide bonds. The zero-order valence-corrected chi connectivity index (χ0v) is 13.8. The molecule has 0 saturated carbocycles. The molecule has 7 heteroatoms. The minimum absolute atomic E-state index is 0.163. The molecule has 1 heterocycles. The van der Waals surface area contributed by atoms with Crippen LogP contribution in [0.1, 0.15) is 12.5 Å². The number of carbonyl (C=O) groups excluding carboxylic acids is 1. The van der Waals surface area contributed by atoms with Gasteiger partial charge in [-0.2, -0.15) is 0 Å². The Morgan fingerprint density at radius 3 is 2.64 bits per heavy atom. The van der Waals surface area contributed by atoms with Crippen LogP contribution in [0, 0.1) is 0 Å². The molecule has 1 saturated heterocycles. The Labute approximate surface area is 145 Å². The van der Waals surface area contributed by atoms with Crippen molar-refractivity contribution < 1.29 is 34.3 Å². The fourth-order valence-corrected chi connectivity index (χ4v) is 2.22. The summed E-state index contributed by atoms with van der Waals surface area (Å²) in [5.41, 5.74) is 0.687. The Kier molecular flexibility index (Phi) is 7.15. The van der Waals surface area contributed by atoms with E-state index in [-0.39, 0.29) is 13.2 Å². The van der Waals surface area contributed by atoms with E-state index >= 15 is 0 Å². The third-order valence-electron chi connectivity index (χ3n) is 3.52. The fourth-order valence-electron chi connectivity index (χ4n) is 2.22. The largest absolute Gasteiger partial charge is 0.463 e. The number of aliphatic hydroxyl groups is 3. The Balaban J connectivity index is 2.16. The summed E-state index contributed by atoms with van der Waals surface area (Å²) in [6, 6.07) is 9.01. The van der Waals surface area contributed by atoms with Crippen LogP contribution in [0.5, 0.6) is 0 Å². The van der Waals surface area contributed by atoms with E-state index < -0.39 is 30.6 Å². The number of hydrogen-bond acceptors (Lipinski definition) is 7. The summed E-state index contributed by atoms with van der Waals surface area (Å²) in [7, 11) is 0. The number of allylic oxidation sites excluding steroid dienone is 2.